The van der Waals surface area contributed by atoms with Gasteiger partial charge < -0.3 is 9.47 Å². The summed E-state index contributed by atoms with van der Waals surface area (Å²) in [5, 5.41) is 5.04. The van der Waals surface area contributed by atoms with Gasteiger partial charge in [0.15, 0.2) is 5.13 Å². The van der Waals surface area contributed by atoms with Crippen molar-refractivity contribution in [1.29, 1.82) is 0 Å². The Kier molecular flexibility index (Phi) is 7.57. The molecule has 1 N–H and O–H groups in total. The first-order valence-electron chi connectivity index (χ1n) is 8.00. The summed E-state index contributed by atoms with van der Waals surface area (Å²) in [4.78, 5) is 20.6. The van der Waals surface area contributed by atoms with Crippen molar-refractivity contribution in [3.05, 3.63) is 66.2 Å². The Morgan fingerprint density at radius 2 is 2.15 bits per heavy atom. The van der Waals surface area contributed by atoms with Crippen LogP contribution in [-0.4, -0.2) is 29.6 Å². The lowest BCUT2D eigenvalue weighted by Gasteiger charge is -2.09. The maximum atomic E-state index is 12.4. The highest BCUT2D eigenvalue weighted by molar-refractivity contribution is 7.13. The van der Waals surface area contributed by atoms with Crippen molar-refractivity contribution < 1.29 is 14.3 Å². The highest BCUT2D eigenvalue weighted by Crippen LogP contribution is 2.20. The number of nitrogens with zero attached hydrogens (tertiary/aromatic N) is 2. The number of ether oxygens (including phenoxy) is 2. The number of anilines is 1. The Morgan fingerprint density at radius 1 is 1.35 bits per heavy atom. The number of nitrogens with one attached hydrogen (secondary N) is 1. The minimum atomic E-state index is -0.298. The van der Waals surface area contributed by atoms with Gasteiger partial charge in [0.25, 0.3) is 5.91 Å². The van der Waals surface area contributed by atoms with E-state index in [1.807, 2.05) is 6.08 Å². The van der Waals surface area contributed by atoms with E-state index in [4.69, 9.17) is 9.47 Å². The van der Waals surface area contributed by atoms with E-state index in [-0.39, 0.29) is 5.91 Å². The first-order chi connectivity index (χ1) is 12.7. The molecule has 0 fully saturated rings. The fraction of sp³-hybridized carbons (Fsp3) is 0.211. The summed E-state index contributed by atoms with van der Waals surface area (Å²) in [5.41, 5.74) is 1.48. The molecule has 6 nitrogen and oxygen atoms in total. The molecule has 2 heterocycles. The molecule has 0 spiro atoms. The van der Waals surface area contributed by atoms with Gasteiger partial charge in [-0.15, -0.1) is 11.3 Å². The third-order valence-corrected chi connectivity index (χ3v) is 4.04. The maximum absolute atomic E-state index is 12.4. The molecule has 1 amide bonds. The number of hydrogen-bond acceptors (Lipinski definition) is 6. The van der Waals surface area contributed by atoms with Crippen LogP contribution in [0.2, 0.25) is 0 Å². The molecule has 0 saturated carbocycles. The van der Waals surface area contributed by atoms with Gasteiger partial charge in [0.1, 0.15) is 0 Å². The number of amides is 1. The van der Waals surface area contributed by atoms with Gasteiger partial charge in [-0.1, -0.05) is 31.4 Å². The molecule has 0 bridgehead atoms. The van der Waals surface area contributed by atoms with Gasteiger partial charge in [-0.05, 0) is 18.4 Å². The molecule has 7 heteroatoms. The van der Waals surface area contributed by atoms with E-state index in [0.717, 1.165) is 18.4 Å². The fourth-order valence-corrected chi connectivity index (χ4v) is 2.63. The zero-order valence-electron chi connectivity index (χ0n) is 14.6. The quantitative estimate of drug-likeness (QED) is 0.499. The van der Waals surface area contributed by atoms with Crippen molar-refractivity contribution in [3.8, 4) is 11.8 Å². The SMILES string of the molecule is C=C/C=C(\C=C)CCCOc1cc(C(=O)Nc2nccs2)cc(OC)n1. The van der Waals surface area contributed by atoms with Crippen LogP contribution in [0.5, 0.6) is 11.8 Å². The molecule has 0 saturated heterocycles. The third kappa shape index (κ3) is 5.86. The molecule has 0 radical (unpaired) electrons. The third-order valence-electron chi connectivity index (χ3n) is 3.36. The minimum Gasteiger partial charge on any atom is -0.481 e. The summed E-state index contributed by atoms with van der Waals surface area (Å²) < 4.78 is 10.8. The topological polar surface area (TPSA) is 73.3 Å². The van der Waals surface area contributed by atoms with Gasteiger partial charge in [0, 0.05) is 23.7 Å². The molecule has 0 aliphatic carbocycles. The van der Waals surface area contributed by atoms with E-state index >= 15 is 0 Å². The molecular formula is C19H21N3O3S. The largest absolute Gasteiger partial charge is 0.481 e. The molecular weight excluding hydrogens is 350 g/mol. The number of thiazole rings is 1. The van der Waals surface area contributed by atoms with Crippen LogP contribution in [0.15, 0.2) is 60.7 Å². The van der Waals surface area contributed by atoms with Gasteiger partial charge in [-0.2, -0.15) is 4.98 Å². The monoisotopic (exact) mass is 371 g/mol. The molecule has 26 heavy (non-hydrogen) atoms. The van der Waals surface area contributed by atoms with Gasteiger partial charge >= 0.3 is 0 Å². The standard InChI is InChI=1S/C19H21N3O3S/c1-4-7-14(5-2)8-6-10-25-17-13-15(12-16(21-17)24-3)18(23)22-19-20-9-11-26-19/h4-5,7,9,11-13H,1-2,6,8,10H2,3H3,(H,20,22,23)/b14-7+. The van der Waals surface area contributed by atoms with Crippen LogP contribution >= 0.6 is 11.3 Å². The lowest BCUT2D eigenvalue weighted by atomic mass is 10.1. The number of hydrogen-bond donors (Lipinski definition) is 1. The molecule has 2 aromatic rings. The molecule has 0 unspecified atom stereocenters. The van der Waals surface area contributed by atoms with Crippen LogP contribution in [-0.2, 0) is 0 Å². The van der Waals surface area contributed by atoms with E-state index < -0.39 is 0 Å². The van der Waals surface area contributed by atoms with Crippen molar-refractivity contribution in [2.45, 2.75) is 12.8 Å². The lowest BCUT2D eigenvalue weighted by molar-refractivity contribution is 0.102. The van der Waals surface area contributed by atoms with Crippen molar-refractivity contribution in [1.82, 2.24) is 9.97 Å². The van der Waals surface area contributed by atoms with Crippen LogP contribution in [0.4, 0.5) is 5.13 Å². The number of allylic oxidation sites excluding steroid dienone is 4. The Hall–Kier alpha value is -2.93. The van der Waals surface area contributed by atoms with Crippen molar-refractivity contribution in [2.24, 2.45) is 0 Å². The molecule has 2 aromatic heterocycles. The number of carbonyl (C=O) groups is 1. The maximum Gasteiger partial charge on any atom is 0.257 e. The molecule has 0 aliphatic rings. The normalized spacial score (nSPS) is 10.9. The number of rotatable bonds is 10. The number of aromatic nitrogens is 2. The van der Waals surface area contributed by atoms with E-state index in [9.17, 15) is 4.79 Å². The number of pyridine rings is 1. The highest BCUT2D eigenvalue weighted by Gasteiger charge is 2.12. The predicted octanol–water partition coefficient (Wildman–Crippen LogP) is 4.26. The van der Waals surface area contributed by atoms with Gasteiger partial charge in [0.2, 0.25) is 11.8 Å². The van der Waals surface area contributed by atoms with Crippen LogP contribution in [0.3, 0.4) is 0 Å². The van der Waals surface area contributed by atoms with Gasteiger partial charge in [0.05, 0.1) is 19.3 Å². The van der Waals surface area contributed by atoms with Crippen LogP contribution in [0.25, 0.3) is 0 Å². The van der Waals surface area contributed by atoms with Gasteiger partial charge in [-0.25, -0.2) is 4.98 Å². The second-order valence-corrected chi connectivity index (χ2v) is 6.06. The molecule has 2 rings (SSSR count). The van der Waals surface area contributed by atoms with Crippen LogP contribution in [0.1, 0.15) is 23.2 Å². The first-order valence-corrected chi connectivity index (χ1v) is 8.88. The summed E-state index contributed by atoms with van der Waals surface area (Å²) in [6.45, 7) is 7.90. The second-order valence-electron chi connectivity index (χ2n) is 5.16. The van der Waals surface area contributed by atoms with Crippen molar-refractivity contribution in [3.63, 3.8) is 0 Å². The summed E-state index contributed by atoms with van der Waals surface area (Å²) >= 11 is 1.34. The predicted molar refractivity (Wildman–Crippen MR) is 104 cm³/mol. The number of carbonyl (C=O) groups excluding carboxylic acids is 1. The summed E-state index contributed by atoms with van der Waals surface area (Å²) in [7, 11) is 1.49. The fourth-order valence-electron chi connectivity index (χ4n) is 2.10. The highest BCUT2D eigenvalue weighted by atomic mass is 32.1. The van der Waals surface area contributed by atoms with Gasteiger partial charge in [-0.3, -0.25) is 10.1 Å². The summed E-state index contributed by atoms with van der Waals surface area (Å²) in [6.07, 6.45) is 8.67. The van der Waals surface area contributed by atoms with E-state index in [2.05, 4.69) is 28.4 Å². The van der Waals surface area contributed by atoms with E-state index in [1.165, 1.54) is 18.4 Å². The Balaban J connectivity index is 1.99. The zero-order chi connectivity index (χ0) is 18.8. The Labute approximate surface area is 156 Å². The molecule has 0 aromatic carbocycles. The first kappa shape index (κ1) is 19.4. The zero-order valence-corrected chi connectivity index (χ0v) is 15.4. The van der Waals surface area contributed by atoms with Crippen LogP contribution in [0, 0.1) is 0 Å². The number of methoxy groups -OCH3 is 1. The second kappa shape index (κ2) is 10.1. The lowest BCUT2D eigenvalue weighted by Crippen LogP contribution is -2.13. The molecule has 0 atom stereocenters. The van der Waals surface area contributed by atoms with Crippen molar-refractivity contribution >= 4 is 22.4 Å². The average Bonchev–Trinajstić information content (AvgIpc) is 3.16. The van der Waals surface area contributed by atoms with Crippen molar-refractivity contribution in [2.75, 3.05) is 19.0 Å². The van der Waals surface area contributed by atoms with E-state index in [1.54, 1.807) is 35.9 Å². The summed E-state index contributed by atoms with van der Waals surface area (Å²) in [5.74, 6) is 0.347. The Bertz CT molecular complexity index is 785. The average molecular weight is 371 g/mol. The molecule has 0 aliphatic heterocycles. The van der Waals surface area contributed by atoms with Crippen LogP contribution < -0.4 is 14.8 Å². The summed E-state index contributed by atoms with van der Waals surface area (Å²) in [6, 6.07) is 3.14. The van der Waals surface area contributed by atoms with E-state index in [0.29, 0.717) is 29.1 Å². The molecule has 136 valence electrons. The smallest absolute Gasteiger partial charge is 0.257 e. The minimum absolute atomic E-state index is 0.298. The Morgan fingerprint density at radius 3 is 2.81 bits per heavy atom.